The predicted octanol–water partition coefficient (Wildman–Crippen LogP) is 4.13. The van der Waals surface area contributed by atoms with Crippen LogP contribution >= 0.6 is 0 Å². The van der Waals surface area contributed by atoms with Gasteiger partial charge in [0.1, 0.15) is 0 Å². The lowest BCUT2D eigenvalue weighted by Gasteiger charge is -2.16. The van der Waals surface area contributed by atoms with Crippen LogP contribution in [0.15, 0.2) is 48.5 Å². The van der Waals surface area contributed by atoms with E-state index in [1.807, 2.05) is 24.3 Å². The fraction of sp³-hybridized carbons (Fsp3) is 0.235. The van der Waals surface area contributed by atoms with Crippen LogP contribution in [-0.2, 0) is 4.79 Å². The average molecular weight is 268 g/mol. The van der Waals surface area contributed by atoms with Gasteiger partial charge >= 0.3 is 0 Å². The van der Waals surface area contributed by atoms with Crippen molar-refractivity contribution in [1.29, 1.82) is 0 Å². The van der Waals surface area contributed by atoms with E-state index >= 15 is 0 Å². The molecule has 1 unspecified atom stereocenters. The van der Waals surface area contributed by atoms with E-state index in [1.54, 1.807) is 0 Å². The van der Waals surface area contributed by atoms with Crippen molar-refractivity contribution in [1.82, 2.24) is 0 Å². The number of hydrogen-bond acceptors (Lipinski definition) is 2. The number of rotatable bonds is 4. The SMILES string of the molecule is CC(=O)Nc1ccc(NC(C)c2ccc(C)cc2)cc1. The Bertz CT molecular complexity index is 573. The summed E-state index contributed by atoms with van der Waals surface area (Å²) in [4.78, 5) is 11.0. The smallest absolute Gasteiger partial charge is 0.221 e. The highest BCUT2D eigenvalue weighted by Gasteiger charge is 2.05. The summed E-state index contributed by atoms with van der Waals surface area (Å²) in [5.41, 5.74) is 4.36. The summed E-state index contributed by atoms with van der Waals surface area (Å²) in [6.07, 6.45) is 0. The molecule has 20 heavy (non-hydrogen) atoms. The molecule has 0 radical (unpaired) electrons. The molecule has 0 aliphatic rings. The number of anilines is 2. The molecule has 3 nitrogen and oxygen atoms in total. The molecule has 2 aromatic carbocycles. The molecule has 1 atom stereocenters. The Morgan fingerprint density at radius 3 is 2.05 bits per heavy atom. The third kappa shape index (κ3) is 3.85. The van der Waals surface area contributed by atoms with E-state index in [2.05, 4.69) is 48.7 Å². The fourth-order valence-electron chi connectivity index (χ4n) is 2.04. The summed E-state index contributed by atoms with van der Waals surface area (Å²) in [6, 6.07) is 16.5. The van der Waals surface area contributed by atoms with Gasteiger partial charge < -0.3 is 10.6 Å². The van der Waals surface area contributed by atoms with Crippen LogP contribution in [0, 0.1) is 6.92 Å². The molecule has 1 amide bonds. The molecule has 0 fully saturated rings. The van der Waals surface area contributed by atoms with E-state index in [-0.39, 0.29) is 11.9 Å². The van der Waals surface area contributed by atoms with E-state index in [4.69, 9.17) is 0 Å². The number of benzene rings is 2. The lowest BCUT2D eigenvalue weighted by molar-refractivity contribution is -0.114. The molecule has 0 saturated carbocycles. The fourth-order valence-corrected chi connectivity index (χ4v) is 2.04. The first-order valence-electron chi connectivity index (χ1n) is 6.75. The zero-order chi connectivity index (χ0) is 14.5. The van der Waals surface area contributed by atoms with Crippen LogP contribution in [0.4, 0.5) is 11.4 Å². The van der Waals surface area contributed by atoms with Crippen LogP contribution in [0.25, 0.3) is 0 Å². The summed E-state index contributed by atoms with van der Waals surface area (Å²) in [5, 5.41) is 6.20. The van der Waals surface area contributed by atoms with Crippen molar-refractivity contribution in [3.05, 3.63) is 59.7 Å². The highest BCUT2D eigenvalue weighted by molar-refractivity contribution is 5.88. The van der Waals surface area contributed by atoms with Crippen LogP contribution in [0.1, 0.15) is 31.0 Å². The molecular weight excluding hydrogens is 248 g/mol. The Balaban J connectivity index is 2.02. The van der Waals surface area contributed by atoms with Gasteiger partial charge in [-0.25, -0.2) is 0 Å². The second kappa shape index (κ2) is 6.24. The molecule has 0 aromatic heterocycles. The molecule has 0 heterocycles. The first-order valence-corrected chi connectivity index (χ1v) is 6.75. The van der Waals surface area contributed by atoms with Gasteiger partial charge in [0.15, 0.2) is 0 Å². The van der Waals surface area contributed by atoms with Gasteiger partial charge in [-0.3, -0.25) is 4.79 Å². The maximum absolute atomic E-state index is 11.0. The predicted molar refractivity (Wildman–Crippen MR) is 84.0 cm³/mol. The second-order valence-corrected chi connectivity index (χ2v) is 5.04. The largest absolute Gasteiger partial charge is 0.379 e. The van der Waals surface area contributed by atoms with Crippen molar-refractivity contribution in [2.24, 2.45) is 0 Å². The first kappa shape index (κ1) is 14.1. The number of carbonyl (C=O) groups excluding carboxylic acids is 1. The van der Waals surface area contributed by atoms with Gasteiger partial charge in [0.25, 0.3) is 0 Å². The molecule has 104 valence electrons. The number of amides is 1. The lowest BCUT2D eigenvalue weighted by Crippen LogP contribution is -2.08. The molecule has 2 aromatic rings. The van der Waals surface area contributed by atoms with Gasteiger partial charge in [-0.2, -0.15) is 0 Å². The Labute approximate surface area is 120 Å². The Morgan fingerprint density at radius 2 is 1.50 bits per heavy atom. The molecule has 0 aliphatic carbocycles. The molecule has 2 N–H and O–H groups in total. The van der Waals surface area contributed by atoms with Gasteiger partial charge in [-0.1, -0.05) is 29.8 Å². The highest BCUT2D eigenvalue weighted by atomic mass is 16.1. The molecule has 0 spiro atoms. The summed E-state index contributed by atoms with van der Waals surface area (Å²) in [6.45, 7) is 5.72. The van der Waals surface area contributed by atoms with E-state index in [1.165, 1.54) is 18.1 Å². The van der Waals surface area contributed by atoms with Crippen molar-refractivity contribution in [3.8, 4) is 0 Å². The zero-order valence-electron chi connectivity index (χ0n) is 12.1. The van der Waals surface area contributed by atoms with Crippen molar-refractivity contribution in [2.75, 3.05) is 10.6 Å². The van der Waals surface area contributed by atoms with Gasteiger partial charge in [0.2, 0.25) is 5.91 Å². The maximum Gasteiger partial charge on any atom is 0.221 e. The van der Waals surface area contributed by atoms with Gasteiger partial charge in [0, 0.05) is 24.3 Å². The minimum absolute atomic E-state index is 0.0567. The van der Waals surface area contributed by atoms with Crippen molar-refractivity contribution in [3.63, 3.8) is 0 Å². The normalized spacial score (nSPS) is 11.8. The monoisotopic (exact) mass is 268 g/mol. The molecule has 0 bridgehead atoms. The molecule has 2 rings (SSSR count). The number of aryl methyl sites for hydroxylation is 1. The minimum Gasteiger partial charge on any atom is -0.379 e. The van der Waals surface area contributed by atoms with Gasteiger partial charge in [-0.15, -0.1) is 0 Å². The van der Waals surface area contributed by atoms with Crippen molar-refractivity contribution < 1.29 is 4.79 Å². The Kier molecular flexibility index (Phi) is 4.41. The van der Waals surface area contributed by atoms with Crippen LogP contribution in [0.3, 0.4) is 0 Å². The summed E-state index contributed by atoms with van der Waals surface area (Å²) in [5.74, 6) is -0.0567. The van der Waals surface area contributed by atoms with Crippen LogP contribution < -0.4 is 10.6 Å². The van der Waals surface area contributed by atoms with Gasteiger partial charge in [0.05, 0.1) is 0 Å². The summed E-state index contributed by atoms with van der Waals surface area (Å²) < 4.78 is 0. The number of nitrogens with one attached hydrogen (secondary N) is 2. The topological polar surface area (TPSA) is 41.1 Å². The Hall–Kier alpha value is -2.29. The van der Waals surface area contributed by atoms with E-state index < -0.39 is 0 Å². The van der Waals surface area contributed by atoms with Crippen LogP contribution in [0.2, 0.25) is 0 Å². The minimum atomic E-state index is -0.0567. The van der Waals surface area contributed by atoms with Gasteiger partial charge in [-0.05, 0) is 43.7 Å². The highest BCUT2D eigenvalue weighted by Crippen LogP contribution is 2.21. The number of carbonyl (C=O) groups is 1. The van der Waals surface area contributed by atoms with Crippen molar-refractivity contribution in [2.45, 2.75) is 26.8 Å². The number of hydrogen-bond donors (Lipinski definition) is 2. The van der Waals surface area contributed by atoms with Crippen molar-refractivity contribution >= 4 is 17.3 Å². The summed E-state index contributed by atoms with van der Waals surface area (Å²) in [7, 11) is 0. The Morgan fingerprint density at radius 1 is 0.950 bits per heavy atom. The quantitative estimate of drug-likeness (QED) is 0.875. The van der Waals surface area contributed by atoms with E-state index in [0.29, 0.717) is 0 Å². The standard InChI is InChI=1S/C17H20N2O/c1-12-4-6-15(7-5-12)13(2)18-16-8-10-17(11-9-16)19-14(3)20/h4-11,13,18H,1-3H3,(H,19,20). The van der Waals surface area contributed by atoms with Crippen LogP contribution in [-0.4, -0.2) is 5.91 Å². The lowest BCUT2D eigenvalue weighted by atomic mass is 10.1. The summed E-state index contributed by atoms with van der Waals surface area (Å²) >= 11 is 0. The van der Waals surface area contributed by atoms with E-state index in [0.717, 1.165) is 11.4 Å². The zero-order valence-corrected chi connectivity index (χ0v) is 12.1. The first-order chi connectivity index (χ1) is 9.54. The molecular formula is C17H20N2O. The second-order valence-electron chi connectivity index (χ2n) is 5.04. The van der Waals surface area contributed by atoms with Crippen LogP contribution in [0.5, 0.6) is 0 Å². The molecule has 0 aliphatic heterocycles. The molecule has 0 saturated heterocycles. The average Bonchev–Trinajstić information content (AvgIpc) is 2.41. The van der Waals surface area contributed by atoms with E-state index in [9.17, 15) is 4.79 Å². The third-order valence-electron chi connectivity index (χ3n) is 3.17. The third-order valence-corrected chi connectivity index (χ3v) is 3.17. The maximum atomic E-state index is 11.0. The molecule has 3 heteroatoms.